The first kappa shape index (κ1) is 8.41. The zero-order valence-electron chi connectivity index (χ0n) is 6.20. The Morgan fingerprint density at radius 1 is 1.42 bits per heavy atom. The molecule has 1 rings (SSSR count). The Kier molecular flexibility index (Phi) is 2.54. The topological polar surface area (TPSA) is 40.9 Å². The molecule has 0 aliphatic rings. The molecule has 0 amide bonds. The van der Waals surface area contributed by atoms with Crippen molar-refractivity contribution in [3.63, 3.8) is 0 Å². The molecule has 0 aromatic heterocycles. The highest BCUT2D eigenvalue weighted by Crippen LogP contribution is 2.12. The number of hydrogen-bond acceptors (Lipinski definition) is 2. The second kappa shape index (κ2) is 3.63. The van der Waals surface area contributed by atoms with E-state index in [2.05, 4.69) is 0 Å². The lowest BCUT2D eigenvalue weighted by molar-refractivity contribution is -0.108. The van der Waals surface area contributed by atoms with E-state index in [1.807, 2.05) is 0 Å². The van der Waals surface area contributed by atoms with Crippen LogP contribution in [-0.4, -0.2) is 6.29 Å². The van der Waals surface area contributed by atoms with Crippen molar-refractivity contribution in [2.75, 3.05) is 0 Å². The number of halogens is 1. The Bertz CT molecular complexity index is 312. The Morgan fingerprint density at radius 3 is 2.42 bits per heavy atom. The van der Waals surface area contributed by atoms with Crippen LogP contribution in [0.2, 0.25) is 0 Å². The molecule has 0 unspecified atom stereocenters. The molecule has 0 radical (unpaired) electrons. The van der Waals surface area contributed by atoms with E-state index >= 15 is 0 Å². The molecule has 3 heteroatoms. The van der Waals surface area contributed by atoms with Crippen molar-refractivity contribution in [1.29, 1.82) is 5.26 Å². The molecule has 0 saturated heterocycles. The van der Waals surface area contributed by atoms with Crippen LogP contribution in [0.5, 0.6) is 0 Å². The van der Waals surface area contributed by atoms with Crippen LogP contribution in [0.3, 0.4) is 0 Å². The first-order valence-corrected chi connectivity index (χ1v) is 3.38. The molecule has 1 aromatic carbocycles. The lowest BCUT2D eigenvalue weighted by atomic mass is 10.0. The summed E-state index contributed by atoms with van der Waals surface area (Å²) in [5.41, 5.74) is 0.522. The van der Waals surface area contributed by atoms with E-state index in [4.69, 9.17) is 5.26 Å². The second-order valence-corrected chi connectivity index (χ2v) is 2.29. The molecule has 0 aliphatic carbocycles. The SMILES string of the molecule is N#C[C@H](C=O)c1ccc(F)cc1. The van der Waals surface area contributed by atoms with E-state index in [0.717, 1.165) is 0 Å². The van der Waals surface area contributed by atoms with Crippen LogP contribution >= 0.6 is 0 Å². The van der Waals surface area contributed by atoms with Gasteiger partial charge in [-0.1, -0.05) is 12.1 Å². The lowest BCUT2D eigenvalue weighted by Crippen LogP contribution is -1.95. The highest BCUT2D eigenvalue weighted by Gasteiger charge is 2.07. The Morgan fingerprint density at radius 2 is 2.00 bits per heavy atom. The predicted octanol–water partition coefficient (Wildman–Crippen LogP) is 1.63. The van der Waals surface area contributed by atoms with Crippen molar-refractivity contribution in [2.45, 2.75) is 5.92 Å². The smallest absolute Gasteiger partial charge is 0.141 e. The van der Waals surface area contributed by atoms with Gasteiger partial charge in [0.25, 0.3) is 0 Å². The molecule has 0 spiro atoms. The molecule has 0 heterocycles. The third-order valence-corrected chi connectivity index (χ3v) is 1.50. The van der Waals surface area contributed by atoms with Gasteiger partial charge in [-0.05, 0) is 17.7 Å². The van der Waals surface area contributed by atoms with Crippen molar-refractivity contribution in [3.05, 3.63) is 35.6 Å². The van der Waals surface area contributed by atoms with Gasteiger partial charge >= 0.3 is 0 Å². The van der Waals surface area contributed by atoms with Crippen LogP contribution < -0.4 is 0 Å². The van der Waals surface area contributed by atoms with Crippen molar-refractivity contribution in [1.82, 2.24) is 0 Å². The first-order valence-electron chi connectivity index (χ1n) is 3.38. The Labute approximate surface area is 69.2 Å². The van der Waals surface area contributed by atoms with Crippen molar-refractivity contribution >= 4 is 6.29 Å². The highest BCUT2D eigenvalue weighted by atomic mass is 19.1. The van der Waals surface area contributed by atoms with Gasteiger partial charge in [0.15, 0.2) is 0 Å². The van der Waals surface area contributed by atoms with E-state index in [1.54, 1.807) is 6.07 Å². The van der Waals surface area contributed by atoms with Crippen LogP contribution in [0.25, 0.3) is 0 Å². The molecule has 0 bridgehead atoms. The van der Waals surface area contributed by atoms with Crippen molar-refractivity contribution in [2.24, 2.45) is 0 Å². The van der Waals surface area contributed by atoms with E-state index in [0.29, 0.717) is 11.8 Å². The van der Waals surface area contributed by atoms with Crippen LogP contribution in [0.15, 0.2) is 24.3 Å². The maximum Gasteiger partial charge on any atom is 0.141 e. The third-order valence-electron chi connectivity index (χ3n) is 1.50. The number of rotatable bonds is 2. The minimum atomic E-state index is -0.786. The third kappa shape index (κ3) is 1.67. The minimum absolute atomic E-state index is 0.374. The minimum Gasteiger partial charge on any atom is -0.302 e. The number of nitrogens with zero attached hydrogens (tertiary/aromatic N) is 1. The summed E-state index contributed by atoms with van der Waals surface area (Å²) in [4.78, 5) is 10.3. The van der Waals surface area contributed by atoms with E-state index in [-0.39, 0.29) is 5.82 Å². The van der Waals surface area contributed by atoms with Crippen molar-refractivity contribution in [3.8, 4) is 6.07 Å². The zero-order chi connectivity index (χ0) is 8.97. The number of nitriles is 1. The van der Waals surface area contributed by atoms with Gasteiger partial charge in [-0.2, -0.15) is 5.26 Å². The maximum atomic E-state index is 12.4. The molecule has 0 N–H and O–H groups in total. The molecule has 12 heavy (non-hydrogen) atoms. The molecular formula is C9H6FNO. The summed E-state index contributed by atoms with van der Waals surface area (Å²) >= 11 is 0. The van der Waals surface area contributed by atoms with Gasteiger partial charge < -0.3 is 4.79 Å². The predicted molar refractivity (Wildman–Crippen MR) is 40.8 cm³/mol. The van der Waals surface area contributed by atoms with Gasteiger partial charge in [0, 0.05) is 0 Å². The summed E-state index contributed by atoms with van der Waals surface area (Å²) in [6.45, 7) is 0. The lowest BCUT2D eigenvalue weighted by Gasteiger charge is -1.99. The fourth-order valence-corrected chi connectivity index (χ4v) is 0.854. The molecule has 1 atom stereocenters. The average Bonchev–Trinajstić information content (AvgIpc) is 2.10. The summed E-state index contributed by atoms with van der Waals surface area (Å²) < 4.78 is 12.4. The van der Waals surface area contributed by atoms with Crippen LogP contribution in [-0.2, 0) is 4.79 Å². The molecule has 0 fully saturated rings. The van der Waals surface area contributed by atoms with Gasteiger partial charge in [0.1, 0.15) is 18.0 Å². The normalized spacial score (nSPS) is 11.7. The number of hydrogen-bond donors (Lipinski definition) is 0. The monoisotopic (exact) mass is 163 g/mol. The van der Waals surface area contributed by atoms with Gasteiger partial charge in [-0.3, -0.25) is 0 Å². The summed E-state index contributed by atoms with van der Waals surface area (Å²) in [6.07, 6.45) is 0.535. The molecule has 0 aliphatic heterocycles. The summed E-state index contributed by atoms with van der Waals surface area (Å²) in [6, 6.07) is 7.10. The summed E-state index contributed by atoms with van der Waals surface area (Å²) in [5.74, 6) is -1.16. The average molecular weight is 163 g/mol. The van der Waals surface area contributed by atoms with Gasteiger partial charge in [-0.15, -0.1) is 0 Å². The number of aldehydes is 1. The highest BCUT2D eigenvalue weighted by molar-refractivity contribution is 5.66. The second-order valence-electron chi connectivity index (χ2n) is 2.29. The fourth-order valence-electron chi connectivity index (χ4n) is 0.854. The van der Waals surface area contributed by atoms with Crippen molar-refractivity contribution < 1.29 is 9.18 Å². The fraction of sp³-hybridized carbons (Fsp3) is 0.111. The zero-order valence-corrected chi connectivity index (χ0v) is 6.20. The van der Waals surface area contributed by atoms with Crippen LogP contribution in [0, 0.1) is 17.1 Å². The van der Waals surface area contributed by atoms with Gasteiger partial charge in [0.05, 0.1) is 6.07 Å². The molecular weight excluding hydrogens is 157 g/mol. The molecule has 2 nitrogen and oxygen atoms in total. The van der Waals surface area contributed by atoms with Gasteiger partial charge in [-0.25, -0.2) is 4.39 Å². The first-order chi connectivity index (χ1) is 5.77. The quantitative estimate of drug-likeness (QED) is 0.622. The summed E-state index contributed by atoms with van der Waals surface area (Å²) in [7, 11) is 0. The van der Waals surface area contributed by atoms with E-state index < -0.39 is 5.92 Å². The largest absolute Gasteiger partial charge is 0.302 e. The molecule has 60 valence electrons. The standard InChI is InChI=1S/C9H6FNO/c10-9-3-1-7(2-4-9)8(5-11)6-12/h1-4,6,8H/t8-/m1/s1. The Hall–Kier alpha value is -1.69. The van der Waals surface area contributed by atoms with E-state index in [9.17, 15) is 9.18 Å². The maximum absolute atomic E-state index is 12.4. The van der Waals surface area contributed by atoms with Crippen LogP contribution in [0.1, 0.15) is 11.5 Å². The summed E-state index contributed by atoms with van der Waals surface area (Å²) in [5, 5.41) is 8.47. The molecule has 0 saturated carbocycles. The number of carbonyl (C=O) groups is 1. The number of carbonyl (C=O) groups excluding carboxylic acids is 1. The van der Waals surface area contributed by atoms with Crippen LogP contribution in [0.4, 0.5) is 4.39 Å². The number of benzene rings is 1. The Balaban J connectivity index is 2.97. The molecule has 1 aromatic rings. The van der Waals surface area contributed by atoms with Gasteiger partial charge in [0.2, 0.25) is 0 Å². The van der Waals surface area contributed by atoms with E-state index in [1.165, 1.54) is 24.3 Å².